The van der Waals surface area contributed by atoms with Crippen molar-refractivity contribution in [3.05, 3.63) is 65.5 Å². The number of aryl methyl sites for hydroxylation is 2. The highest BCUT2D eigenvalue weighted by atomic mass is 16.7. The number of amides is 2. The fourth-order valence-electron chi connectivity index (χ4n) is 13.7. The van der Waals surface area contributed by atoms with Crippen LogP contribution >= 0.6 is 0 Å². The summed E-state index contributed by atoms with van der Waals surface area (Å²) in [7, 11) is 0. The molecule has 0 radical (unpaired) electrons. The van der Waals surface area contributed by atoms with E-state index in [0.29, 0.717) is 49.1 Å². The van der Waals surface area contributed by atoms with Crippen molar-refractivity contribution in [3.8, 4) is 0 Å². The van der Waals surface area contributed by atoms with Gasteiger partial charge in [0.15, 0.2) is 12.1 Å². The summed E-state index contributed by atoms with van der Waals surface area (Å²) in [6.45, 7) is 12.3. The lowest BCUT2D eigenvalue weighted by Gasteiger charge is -2.72. The molecular formula is C48H61N5O7. The van der Waals surface area contributed by atoms with E-state index in [2.05, 4.69) is 41.7 Å². The molecular weight excluding hydrogens is 759 g/mol. The van der Waals surface area contributed by atoms with E-state index in [4.69, 9.17) is 9.47 Å². The Kier molecular flexibility index (Phi) is 10.1. The van der Waals surface area contributed by atoms with Crippen LogP contribution in [0.5, 0.6) is 0 Å². The number of ketones is 1. The van der Waals surface area contributed by atoms with Gasteiger partial charge in [-0.05, 0) is 106 Å². The number of anilines is 1. The average Bonchev–Trinajstić information content (AvgIpc) is 3.74. The van der Waals surface area contributed by atoms with E-state index < -0.39 is 47.3 Å². The van der Waals surface area contributed by atoms with Gasteiger partial charge in [0.2, 0.25) is 0 Å². The molecule has 11 rings (SSSR count). The van der Waals surface area contributed by atoms with Crippen molar-refractivity contribution < 1.29 is 34.1 Å². The number of fused-ring (bicyclic) bond motifs is 2. The lowest BCUT2D eigenvalue weighted by molar-refractivity contribution is -0.402. The predicted octanol–water partition coefficient (Wildman–Crippen LogP) is 6.65. The van der Waals surface area contributed by atoms with Crippen molar-refractivity contribution >= 4 is 34.1 Å². The van der Waals surface area contributed by atoms with Crippen LogP contribution in [0.2, 0.25) is 0 Å². The number of Topliss-reactive ketones (excluding diaryl/α,β-unsaturated/α-hetero) is 1. The second-order valence-electron chi connectivity index (χ2n) is 19.9. The number of imide groups is 1. The van der Waals surface area contributed by atoms with Crippen LogP contribution < -0.4 is 4.90 Å². The molecule has 5 heterocycles. The minimum Gasteiger partial charge on any atom is -0.393 e. The van der Waals surface area contributed by atoms with Crippen LogP contribution in [-0.2, 0) is 27.2 Å². The molecule has 3 saturated heterocycles. The number of ether oxygens (including phenoxy) is 2. The lowest BCUT2D eigenvalue weighted by Crippen LogP contribution is -2.78. The number of carbonyl (C=O) groups excluding carboxylic acids is 3. The Balaban J connectivity index is 0.705. The van der Waals surface area contributed by atoms with Crippen LogP contribution in [0.25, 0.3) is 10.8 Å². The van der Waals surface area contributed by atoms with Crippen LogP contribution in [0.15, 0.2) is 48.7 Å². The number of rotatable bonds is 13. The van der Waals surface area contributed by atoms with Crippen molar-refractivity contribution in [2.45, 2.75) is 135 Å². The van der Waals surface area contributed by atoms with Gasteiger partial charge in [-0.2, -0.15) is 0 Å². The van der Waals surface area contributed by atoms with E-state index in [1.54, 1.807) is 0 Å². The molecule has 2 N–H and O–H groups in total. The van der Waals surface area contributed by atoms with E-state index in [1.165, 1.54) is 11.3 Å². The highest BCUT2D eigenvalue weighted by Crippen LogP contribution is 2.75. The van der Waals surface area contributed by atoms with Crippen molar-refractivity contribution in [1.29, 1.82) is 0 Å². The molecule has 2 amide bonds. The van der Waals surface area contributed by atoms with Gasteiger partial charge < -0.3 is 24.6 Å². The number of benzene rings is 2. The van der Waals surface area contributed by atoms with Crippen LogP contribution in [0.3, 0.4) is 0 Å². The summed E-state index contributed by atoms with van der Waals surface area (Å²) in [4.78, 5) is 45.1. The number of aliphatic hydroxyl groups excluding tert-OH is 2. The van der Waals surface area contributed by atoms with Crippen molar-refractivity contribution in [3.63, 3.8) is 0 Å². The smallest absolute Gasteiger partial charge is 0.261 e. The maximum atomic E-state index is 14.0. The zero-order valence-electron chi connectivity index (χ0n) is 35.3. The first-order valence-corrected chi connectivity index (χ1v) is 22.9. The minimum absolute atomic E-state index is 0.00644. The molecule has 7 fully saturated rings. The third-order valence-corrected chi connectivity index (χ3v) is 16.3. The van der Waals surface area contributed by atoms with Crippen LogP contribution in [-0.4, -0.2) is 98.5 Å². The molecule has 320 valence electrons. The number of hydrogen-bond acceptors (Lipinski definition) is 10. The van der Waals surface area contributed by atoms with Gasteiger partial charge in [0.25, 0.3) is 11.8 Å². The summed E-state index contributed by atoms with van der Waals surface area (Å²) in [5.74, 6) is -1.12. The van der Waals surface area contributed by atoms with E-state index in [0.717, 1.165) is 106 Å². The lowest BCUT2D eigenvalue weighted by atomic mass is 9.37. The topological polar surface area (TPSA) is 147 Å². The largest absolute Gasteiger partial charge is 0.393 e. The van der Waals surface area contributed by atoms with Gasteiger partial charge in [-0.25, -0.2) is 0 Å². The van der Waals surface area contributed by atoms with Crippen LogP contribution in [0.4, 0.5) is 5.69 Å². The van der Waals surface area contributed by atoms with E-state index >= 15 is 0 Å². The molecule has 60 heavy (non-hydrogen) atoms. The zero-order chi connectivity index (χ0) is 41.6. The SMILES string of the molecule is C=C1C(=O)[C@]23[C@H](O)[C@H]1C[C@H](O)[C@H]2[C@]12CCCC(C)(C)[C@H]1C[C@H]3O[C@H]2OCCCc1cn(CCCCCCN2C(=O)c3cccc4c(N5CCCCC5)ccc(c34)C2=O)nn1. The summed E-state index contributed by atoms with van der Waals surface area (Å²) in [6, 6.07) is 9.85. The van der Waals surface area contributed by atoms with E-state index in [1.807, 2.05) is 35.1 Å². The quantitative estimate of drug-likeness (QED) is 0.109. The van der Waals surface area contributed by atoms with E-state index in [9.17, 15) is 24.6 Å². The molecule has 4 aliphatic carbocycles. The number of nitrogens with zero attached hydrogens (tertiary/aromatic N) is 5. The normalized spacial score (nSPS) is 34.1. The number of aromatic nitrogens is 3. The van der Waals surface area contributed by atoms with Gasteiger partial charge in [-0.15, -0.1) is 5.10 Å². The molecule has 3 aromatic rings. The first kappa shape index (κ1) is 40.1. The first-order valence-electron chi connectivity index (χ1n) is 22.9. The average molecular weight is 820 g/mol. The maximum absolute atomic E-state index is 14.0. The Morgan fingerprint density at radius 1 is 0.900 bits per heavy atom. The first-order chi connectivity index (χ1) is 29.0. The maximum Gasteiger partial charge on any atom is 0.261 e. The molecule has 4 aliphatic heterocycles. The van der Waals surface area contributed by atoms with Crippen molar-refractivity contribution in [2.75, 3.05) is 31.1 Å². The summed E-state index contributed by atoms with van der Waals surface area (Å²) in [5, 5.41) is 34.1. The Labute approximate surface area is 352 Å². The monoisotopic (exact) mass is 819 g/mol. The Bertz CT molecular complexity index is 2190. The molecule has 2 aromatic carbocycles. The second-order valence-corrected chi connectivity index (χ2v) is 19.9. The summed E-state index contributed by atoms with van der Waals surface area (Å²) < 4.78 is 15.3. The molecule has 8 aliphatic rings. The molecule has 12 heteroatoms. The van der Waals surface area contributed by atoms with Crippen LogP contribution in [0.1, 0.15) is 124 Å². The van der Waals surface area contributed by atoms with Gasteiger partial charge in [0.05, 0.1) is 36.0 Å². The standard InChI is InChI=1S/C48H61N5O7/c1-29-34-26-36(54)40-47-20-13-19-46(2,3)37(47)27-38(48(40,41(29)55)42(34)56)60-45(47)59-25-12-14-30-28-52(50-49-30)23-9-4-5-10-24-53-43(57)32-16-11-15-31-35(51-21-7-6-8-22-51)18-17-33(39(31)32)44(53)58/h11,15-18,28,34,36-38,40,42,45,54,56H,1,4-10,12-14,19-27H2,2-3H3/t34-,36-,37+,38+,40-,42+,45+,47-,48+/m0/s1. The molecule has 9 atom stereocenters. The molecule has 4 saturated carbocycles. The van der Waals surface area contributed by atoms with Crippen LogP contribution in [0, 0.1) is 34.0 Å². The van der Waals surface area contributed by atoms with Crippen molar-refractivity contribution in [1.82, 2.24) is 19.9 Å². The van der Waals surface area contributed by atoms with Gasteiger partial charge in [0.1, 0.15) is 0 Å². The summed E-state index contributed by atoms with van der Waals surface area (Å²) >= 11 is 0. The Morgan fingerprint density at radius 3 is 2.47 bits per heavy atom. The molecule has 12 nitrogen and oxygen atoms in total. The zero-order valence-corrected chi connectivity index (χ0v) is 35.3. The number of carbonyl (C=O) groups is 3. The Hall–Kier alpha value is -3.97. The number of hydrogen-bond donors (Lipinski definition) is 2. The highest BCUT2D eigenvalue weighted by molar-refractivity contribution is 6.26. The van der Waals surface area contributed by atoms with Gasteiger partial charge in [-0.1, -0.05) is 57.0 Å². The fourth-order valence-corrected chi connectivity index (χ4v) is 13.7. The summed E-state index contributed by atoms with van der Waals surface area (Å²) in [5.41, 5.74) is 1.99. The molecule has 4 bridgehead atoms. The third kappa shape index (κ3) is 5.93. The number of unbranched alkanes of at least 4 members (excludes halogenated alkanes) is 3. The van der Waals surface area contributed by atoms with Gasteiger partial charge >= 0.3 is 0 Å². The van der Waals surface area contributed by atoms with E-state index in [-0.39, 0.29) is 28.9 Å². The minimum atomic E-state index is -1.15. The van der Waals surface area contributed by atoms with Gasteiger partial charge in [0, 0.05) is 77.2 Å². The third-order valence-electron chi connectivity index (χ3n) is 16.3. The number of aliphatic hydroxyl groups is 2. The summed E-state index contributed by atoms with van der Waals surface area (Å²) in [6.07, 6.45) is 11.7. The molecule has 2 spiro atoms. The predicted molar refractivity (Wildman–Crippen MR) is 225 cm³/mol. The number of piperidine rings is 1. The fraction of sp³-hybridized carbons (Fsp3) is 0.646. The second kappa shape index (κ2) is 15.1. The highest BCUT2D eigenvalue weighted by Gasteiger charge is 2.81. The van der Waals surface area contributed by atoms with Crippen molar-refractivity contribution in [2.24, 2.45) is 34.0 Å². The Morgan fingerprint density at radius 2 is 1.67 bits per heavy atom. The molecule has 1 aromatic heterocycles. The van der Waals surface area contributed by atoms with Gasteiger partial charge in [-0.3, -0.25) is 24.0 Å². The molecule has 0 unspecified atom stereocenters.